The van der Waals surface area contributed by atoms with Gasteiger partial charge in [-0.25, -0.2) is 0 Å². The van der Waals surface area contributed by atoms with Gasteiger partial charge in [0.2, 0.25) is 5.88 Å². The first-order chi connectivity index (χ1) is 5.25. The van der Waals surface area contributed by atoms with Crippen molar-refractivity contribution in [2.45, 2.75) is 0 Å². The van der Waals surface area contributed by atoms with Crippen molar-refractivity contribution < 1.29 is 5.11 Å². The van der Waals surface area contributed by atoms with Crippen LogP contribution in [0.2, 0.25) is 0 Å². The lowest BCUT2D eigenvalue weighted by atomic mass is 10.5. The molecule has 0 atom stereocenters. The second-order valence-corrected chi connectivity index (χ2v) is 2.29. The molecular formula is C7H6N2O2. The fraction of sp³-hybridized carbons (Fsp3) is 0. The molecule has 0 saturated heterocycles. The second-order valence-electron chi connectivity index (χ2n) is 2.29. The Hall–Kier alpha value is -1.71. The lowest BCUT2D eigenvalue weighted by Crippen LogP contribution is -1.97. The van der Waals surface area contributed by atoms with Gasteiger partial charge in [-0.15, -0.1) is 0 Å². The molecule has 0 fully saturated rings. The first-order valence-corrected chi connectivity index (χ1v) is 3.16. The highest BCUT2D eigenvalue weighted by Gasteiger charge is 1.95. The fourth-order valence-electron chi connectivity index (χ4n) is 1.000. The van der Waals surface area contributed by atoms with Crippen LogP contribution in [0.3, 0.4) is 0 Å². The van der Waals surface area contributed by atoms with Crippen LogP contribution < -0.4 is 5.43 Å². The Balaban J connectivity index is 2.92. The van der Waals surface area contributed by atoms with Gasteiger partial charge in [-0.3, -0.25) is 4.79 Å². The summed E-state index contributed by atoms with van der Waals surface area (Å²) in [7, 11) is 0. The molecule has 0 amide bonds. The summed E-state index contributed by atoms with van der Waals surface area (Å²) in [4.78, 5) is 13.4. The number of aromatic hydroxyl groups is 1. The van der Waals surface area contributed by atoms with Crippen LogP contribution in [-0.4, -0.2) is 14.5 Å². The number of aromatic nitrogens is 2. The summed E-state index contributed by atoms with van der Waals surface area (Å²) in [5, 5.41) is 8.97. The predicted octanol–water partition coefficient (Wildman–Crippen LogP) is 0.333. The summed E-state index contributed by atoms with van der Waals surface area (Å²) in [6, 6.07) is 2.85. The molecule has 11 heavy (non-hydrogen) atoms. The van der Waals surface area contributed by atoms with Gasteiger partial charge >= 0.3 is 0 Å². The largest absolute Gasteiger partial charge is 0.493 e. The SMILES string of the molecule is O=c1ccn2cc(O)[nH]c2c1. The normalized spacial score (nSPS) is 10.5. The van der Waals surface area contributed by atoms with Gasteiger partial charge in [-0.1, -0.05) is 0 Å². The van der Waals surface area contributed by atoms with Crippen molar-refractivity contribution in [3.63, 3.8) is 0 Å². The van der Waals surface area contributed by atoms with E-state index in [0.29, 0.717) is 5.65 Å². The van der Waals surface area contributed by atoms with Crippen LogP contribution in [0.25, 0.3) is 5.65 Å². The number of hydrogen-bond donors (Lipinski definition) is 2. The van der Waals surface area contributed by atoms with E-state index in [4.69, 9.17) is 5.11 Å². The molecule has 0 aliphatic carbocycles. The third-order valence-electron chi connectivity index (χ3n) is 1.47. The van der Waals surface area contributed by atoms with E-state index >= 15 is 0 Å². The molecule has 0 bridgehead atoms. The first-order valence-electron chi connectivity index (χ1n) is 3.16. The van der Waals surface area contributed by atoms with Gasteiger partial charge in [-0.05, 0) is 0 Å². The highest BCUT2D eigenvalue weighted by molar-refractivity contribution is 5.40. The molecule has 0 saturated carbocycles. The molecule has 2 aromatic heterocycles. The molecule has 56 valence electrons. The van der Waals surface area contributed by atoms with E-state index in [9.17, 15) is 4.79 Å². The van der Waals surface area contributed by atoms with Crippen LogP contribution >= 0.6 is 0 Å². The van der Waals surface area contributed by atoms with E-state index in [1.54, 1.807) is 10.6 Å². The van der Waals surface area contributed by atoms with Crippen molar-refractivity contribution in [3.8, 4) is 5.88 Å². The number of rotatable bonds is 0. The van der Waals surface area contributed by atoms with E-state index in [2.05, 4.69) is 4.98 Å². The summed E-state index contributed by atoms with van der Waals surface area (Å²) >= 11 is 0. The number of hydrogen-bond acceptors (Lipinski definition) is 2. The Morgan fingerprint density at radius 1 is 1.55 bits per heavy atom. The molecule has 0 spiro atoms. The van der Waals surface area contributed by atoms with Crippen LogP contribution in [0, 0.1) is 0 Å². The van der Waals surface area contributed by atoms with Gasteiger partial charge in [0.15, 0.2) is 5.43 Å². The van der Waals surface area contributed by atoms with Gasteiger partial charge in [-0.2, -0.15) is 0 Å². The number of aromatic amines is 1. The maximum Gasteiger partial charge on any atom is 0.207 e. The lowest BCUT2D eigenvalue weighted by molar-refractivity contribution is 0.457. The highest BCUT2D eigenvalue weighted by Crippen LogP contribution is 2.06. The minimum atomic E-state index is -0.0770. The summed E-state index contributed by atoms with van der Waals surface area (Å²) in [5.74, 6) is 0.0515. The molecule has 2 rings (SSSR count). The number of nitrogens with zero attached hydrogens (tertiary/aromatic N) is 1. The third-order valence-corrected chi connectivity index (χ3v) is 1.47. The molecule has 0 unspecified atom stereocenters. The predicted molar refractivity (Wildman–Crippen MR) is 39.7 cm³/mol. The number of nitrogens with one attached hydrogen (secondary N) is 1. The highest BCUT2D eigenvalue weighted by atomic mass is 16.3. The van der Waals surface area contributed by atoms with Crippen molar-refractivity contribution in [2.24, 2.45) is 0 Å². The van der Waals surface area contributed by atoms with E-state index in [1.165, 1.54) is 18.3 Å². The van der Waals surface area contributed by atoms with Crippen molar-refractivity contribution in [2.75, 3.05) is 0 Å². The molecule has 0 radical (unpaired) electrons. The summed E-state index contributed by atoms with van der Waals surface area (Å²) in [6.45, 7) is 0. The Labute approximate surface area is 61.7 Å². The van der Waals surface area contributed by atoms with Crippen LogP contribution in [0.4, 0.5) is 0 Å². The Kier molecular flexibility index (Phi) is 1.03. The van der Waals surface area contributed by atoms with E-state index < -0.39 is 0 Å². The van der Waals surface area contributed by atoms with E-state index in [0.717, 1.165) is 0 Å². The van der Waals surface area contributed by atoms with Crippen molar-refractivity contribution in [3.05, 3.63) is 34.7 Å². The molecule has 2 heterocycles. The molecule has 0 aliphatic rings. The third kappa shape index (κ3) is 0.881. The zero-order valence-corrected chi connectivity index (χ0v) is 5.61. The monoisotopic (exact) mass is 150 g/mol. The maximum atomic E-state index is 10.8. The van der Waals surface area contributed by atoms with Gasteiger partial charge in [0.25, 0.3) is 0 Å². The van der Waals surface area contributed by atoms with E-state index in [-0.39, 0.29) is 11.3 Å². The molecule has 4 heteroatoms. The summed E-state index contributed by atoms with van der Waals surface area (Å²) in [5.41, 5.74) is 0.516. The number of imidazole rings is 1. The molecule has 2 N–H and O–H groups in total. The molecule has 4 nitrogen and oxygen atoms in total. The van der Waals surface area contributed by atoms with Gasteiger partial charge in [0, 0.05) is 18.3 Å². The first kappa shape index (κ1) is 6.03. The summed E-state index contributed by atoms with van der Waals surface area (Å²) in [6.07, 6.45) is 3.09. The molecule has 2 aromatic rings. The molecule has 0 aromatic carbocycles. The number of H-pyrrole nitrogens is 1. The second kappa shape index (κ2) is 1.88. The van der Waals surface area contributed by atoms with Crippen LogP contribution in [0.5, 0.6) is 5.88 Å². The van der Waals surface area contributed by atoms with Crippen LogP contribution in [-0.2, 0) is 0 Å². The lowest BCUT2D eigenvalue weighted by Gasteiger charge is -1.86. The topological polar surface area (TPSA) is 57.5 Å². The van der Waals surface area contributed by atoms with Crippen molar-refractivity contribution >= 4 is 5.65 Å². The standard InChI is InChI=1S/C7H6N2O2/c10-5-1-2-9-4-7(11)8-6(9)3-5/h1-4,8,11H. The van der Waals surface area contributed by atoms with Crippen molar-refractivity contribution in [1.82, 2.24) is 9.38 Å². The zero-order valence-electron chi connectivity index (χ0n) is 5.61. The Morgan fingerprint density at radius 2 is 2.36 bits per heavy atom. The minimum absolute atomic E-state index is 0.0515. The van der Waals surface area contributed by atoms with Gasteiger partial charge in [0.1, 0.15) is 5.65 Å². The quantitative estimate of drug-likeness (QED) is 0.568. The Bertz CT molecular complexity index is 441. The maximum absolute atomic E-state index is 10.8. The van der Waals surface area contributed by atoms with Crippen LogP contribution in [0.1, 0.15) is 0 Å². The average Bonchev–Trinajstić information content (AvgIpc) is 2.27. The summed E-state index contributed by atoms with van der Waals surface area (Å²) < 4.78 is 1.64. The molecular weight excluding hydrogens is 144 g/mol. The van der Waals surface area contributed by atoms with E-state index in [1.807, 2.05) is 0 Å². The van der Waals surface area contributed by atoms with Gasteiger partial charge < -0.3 is 14.5 Å². The Morgan fingerprint density at radius 3 is 3.18 bits per heavy atom. The minimum Gasteiger partial charge on any atom is -0.493 e. The zero-order chi connectivity index (χ0) is 7.84. The van der Waals surface area contributed by atoms with Crippen molar-refractivity contribution in [1.29, 1.82) is 0 Å². The fourth-order valence-corrected chi connectivity index (χ4v) is 1.000. The number of pyridine rings is 1. The van der Waals surface area contributed by atoms with Gasteiger partial charge in [0.05, 0.1) is 6.20 Å². The van der Waals surface area contributed by atoms with Crippen LogP contribution in [0.15, 0.2) is 29.3 Å². The number of fused-ring (bicyclic) bond motifs is 1. The smallest absolute Gasteiger partial charge is 0.207 e. The molecule has 0 aliphatic heterocycles. The average molecular weight is 150 g/mol.